The third kappa shape index (κ3) is 2.22. The summed E-state index contributed by atoms with van der Waals surface area (Å²) < 4.78 is 51.9. The maximum Gasteiger partial charge on any atom is 0.449 e. The molecule has 0 aromatic heterocycles. The van der Waals surface area contributed by atoms with E-state index in [1.54, 1.807) is 6.92 Å². The second-order valence-corrected chi connectivity index (χ2v) is 8.02. The van der Waals surface area contributed by atoms with Crippen molar-refractivity contribution in [3.63, 3.8) is 0 Å². The van der Waals surface area contributed by atoms with Crippen molar-refractivity contribution in [3.8, 4) is 0 Å². The van der Waals surface area contributed by atoms with Gasteiger partial charge in [0.25, 0.3) is 0 Å². The van der Waals surface area contributed by atoms with Crippen molar-refractivity contribution < 1.29 is 32.4 Å². The van der Waals surface area contributed by atoms with Crippen molar-refractivity contribution in [1.82, 2.24) is 0 Å². The highest BCUT2D eigenvalue weighted by Gasteiger charge is 2.69. The first-order valence-electron chi connectivity index (χ1n) is 8.29. The number of alkyl halides is 4. The minimum atomic E-state index is -4.56. The standard InChI is InChI=1S/C16H20BrF3O4/c1-8-3-4-11-9(7-17)12(16(18,19)20)21-13-15(11)10(8)5-6-14(2,22-13)23-24-15/h8,10-11,13H,3-7H2,1-2H3/t8-,10?,11+,13-,14-,15?/m1/s1. The fourth-order valence-corrected chi connectivity index (χ4v) is 5.54. The Kier molecular flexibility index (Phi) is 3.81. The van der Waals surface area contributed by atoms with Crippen LogP contribution >= 0.6 is 15.9 Å². The van der Waals surface area contributed by atoms with Gasteiger partial charge in [0.15, 0.2) is 5.60 Å². The maximum absolute atomic E-state index is 13.5. The van der Waals surface area contributed by atoms with Gasteiger partial charge in [-0.2, -0.15) is 13.2 Å². The van der Waals surface area contributed by atoms with E-state index in [1.807, 2.05) is 0 Å². The molecule has 1 aliphatic carbocycles. The first kappa shape index (κ1) is 17.1. The zero-order chi connectivity index (χ0) is 17.3. The highest BCUT2D eigenvalue weighted by Crippen LogP contribution is 2.61. The summed E-state index contributed by atoms with van der Waals surface area (Å²) in [5.74, 6) is -2.09. The van der Waals surface area contributed by atoms with Crippen LogP contribution in [-0.2, 0) is 19.2 Å². The molecule has 24 heavy (non-hydrogen) atoms. The van der Waals surface area contributed by atoms with Crippen LogP contribution in [0.25, 0.3) is 0 Å². The maximum atomic E-state index is 13.5. The Morgan fingerprint density at radius 3 is 2.62 bits per heavy atom. The lowest BCUT2D eigenvalue weighted by Gasteiger charge is -2.57. The molecule has 6 atom stereocenters. The van der Waals surface area contributed by atoms with Gasteiger partial charge >= 0.3 is 6.18 Å². The Labute approximate surface area is 146 Å². The Morgan fingerprint density at radius 2 is 1.96 bits per heavy atom. The lowest BCUT2D eigenvalue weighted by molar-refractivity contribution is -0.557. The summed E-state index contributed by atoms with van der Waals surface area (Å²) in [6.07, 6.45) is -2.85. The molecular weight excluding hydrogens is 393 g/mol. The van der Waals surface area contributed by atoms with E-state index in [0.717, 1.165) is 12.8 Å². The molecule has 136 valence electrons. The van der Waals surface area contributed by atoms with Gasteiger partial charge in [-0.15, -0.1) is 0 Å². The molecule has 4 nitrogen and oxygen atoms in total. The number of fused-ring (bicyclic) bond motifs is 2. The molecule has 5 aliphatic rings. The minimum absolute atomic E-state index is 0.0365. The van der Waals surface area contributed by atoms with Crippen LogP contribution in [0.1, 0.15) is 39.5 Å². The zero-order valence-corrected chi connectivity index (χ0v) is 15.1. The first-order valence-corrected chi connectivity index (χ1v) is 9.41. The second kappa shape index (κ2) is 5.34. The molecule has 0 N–H and O–H groups in total. The second-order valence-electron chi connectivity index (χ2n) is 7.46. The third-order valence-corrected chi connectivity index (χ3v) is 6.66. The van der Waals surface area contributed by atoms with E-state index in [2.05, 4.69) is 22.9 Å². The van der Waals surface area contributed by atoms with Gasteiger partial charge < -0.3 is 9.47 Å². The molecule has 4 aliphatic heterocycles. The number of ether oxygens (including phenoxy) is 2. The summed E-state index contributed by atoms with van der Waals surface area (Å²) in [6, 6.07) is 0. The summed E-state index contributed by atoms with van der Waals surface area (Å²) in [5.41, 5.74) is -0.806. The Hall–Kier alpha value is -0.310. The monoisotopic (exact) mass is 412 g/mol. The van der Waals surface area contributed by atoms with Crippen LogP contribution in [-0.4, -0.2) is 29.2 Å². The van der Waals surface area contributed by atoms with Crippen molar-refractivity contribution in [1.29, 1.82) is 0 Å². The summed E-state index contributed by atoms with van der Waals surface area (Å²) >= 11 is 3.22. The van der Waals surface area contributed by atoms with Crippen LogP contribution in [0.3, 0.4) is 0 Å². The largest absolute Gasteiger partial charge is 0.456 e. The lowest BCUT2D eigenvalue weighted by Crippen LogP contribution is -2.67. The summed E-state index contributed by atoms with van der Waals surface area (Å²) in [7, 11) is 0. The van der Waals surface area contributed by atoms with Gasteiger partial charge in [-0.3, -0.25) is 0 Å². The van der Waals surface area contributed by atoms with Gasteiger partial charge in [-0.1, -0.05) is 22.9 Å². The molecule has 2 bridgehead atoms. The van der Waals surface area contributed by atoms with Crippen molar-refractivity contribution in [2.75, 3.05) is 5.33 Å². The third-order valence-electron chi connectivity index (χ3n) is 6.06. The van der Waals surface area contributed by atoms with Crippen LogP contribution in [0.15, 0.2) is 11.3 Å². The molecule has 0 amide bonds. The van der Waals surface area contributed by atoms with E-state index in [-0.39, 0.29) is 16.8 Å². The van der Waals surface area contributed by atoms with Gasteiger partial charge in [-0.05, 0) is 37.7 Å². The minimum Gasteiger partial charge on any atom is -0.456 e. The van der Waals surface area contributed by atoms with Gasteiger partial charge in [0.2, 0.25) is 17.8 Å². The smallest absolute Gasteiger partial charge is 0.449 e. The van der Waals surface area contributed by atoms with Crippen LogP contribution in [0.5, 0.6) is 0 Å². The van der Waals surface area contributed by atoms with Crippen molar-refractivity contribution >= 4 is 15.9 Å². The molecule has 4 heterocycles. The van der Waals surface area contributed by atoms with Crippen LogP contribution in [0.2, 0.25) is 0 Å². The normalized spacial score (nSPS) is 47.9. The zero-order valence-electron chi connectivity index (χ0n) is 13.5. The SMILES string of the molecule is C[C@@H]1CC[C@H]2C(CBr)=C(C(F)(F)F)O[C@@H]3O[C@@]4(C)CCC1C32OO4. The molecule has 3 saturated heterocycles. The number of hydrogen-bond acceptors (Lipinski definition) is 4. The molecule has 0 radical (unpaired) electrons. The van der Waals surface area contributed by atoms with Crippen molar-refractivity contribution in [2.45, 2.75) is 63.4 Å². The molecular formula is C16H20BrF3O4. The predicted octanol–water partition coefficient (Wildman–Crippen LogP) is 4.44. The molecule has 8 heteroatoms. The topological polar surface area (TPSA) is 36.9 Å². The molecule has 2 unspecified atom stereocenters. The van der Waals surface area contributed by atoms with Gasteiger partial charge in [0, 0.05) is 23.6 Å². The van der Waals surface area contributed by atoms with Crippen LogP contribution in [0.4, 0.5) is 13.2 Å². The summed E-state index contributed by atoms with van der Waals surface area (Å²) in [6.45, 7) is 3.81. The molecule has 4 fully saturated rings. The van der Waals surface area contributed by atoms with Crippen LogP contribution < -0.4 is 0 Å². The number of halogens is 4. The quantitative estimate of drug-likeness (QED) is 0.471. The van der Waals surface area contributed by atoms with E-state index in [1.165, 1.54) is 0 Å². The number of hydrogen-bond donors (Lipinski definition) is 0. The van der Waals surface area contributed by atoms with E-state index in [9.17, 15) is 13.2 Å². The van der Waals surface area contributed by atoms with Crippen molar-refractivity contribution in [2.24, 2.45) is 17.8 Å². The molecule has 5 rings (SSSR count). The predicted molar refractivity (Wildman–Crippen MR) is 80.8 cm³/mol. The van der Waals surface area contributed by atoms with E-state index in [0.29, 0.717) is 18.8 Å². The highest BCUT2D eigenvalue weighted by atomic mass is 79.9. The first-order chi connectivity index (χ1) is 11.2. The summed E-state index contributed by atoms with van der Waals surface area (Å²) in [5, 5.41) is 0.0860. The Morgan fingerprint density at radius 1 is 1.21 bits per heavy atom. The average molecular weight is 413 g/mol. The molecule has 0 aromatic carbocycles. The average Bonchev–Trinajstić information content (AvgIpc) is 2.74. The number of rotatable bonds is 1. The summed E-state index contributed by atoms with van der Waals surface area (Å²) in [4.78, 5) is 11.4. The Bertz CT molecular complexity index is 580. The van der Waals surface area contributed by atoms with E-state index >= 15 is 0 Å². The van der Waals surface area contributed by atoms with Gasteiger partial charge in [0.1, 0.15) is 0 Å². The fraction of sp³-hybridized carbons (Fsp3) is 0.875. The van der Waals surface area contributed by atoms with Gasteiger partial charge in [0.05, 0.1) is 0 Å². The van der Waals surface area contributed by atoms with E-state index < -0.39 is 35.5 Å². The van der Waals surface area contributed by atoms with Crippen LogP contribution in [0, 0.1) is 17.8 Å². The molecule has 0 aromatic rings. The lowest BCUT2D eigenvalue weighted by atomic mass is 9.59. The fourth-order valence-electron chi connectivity index (χ4n) is 4.89. The van der Waals surface area contributed by atoms with Gasteiger partial charge in [-0.25, -0.2) is 9.78 Å². The Balaban J connectivity index is 1.88. The number of allylic oxidation sites excluding steroid dienone is 1. The molecule has 1 saturated carbocycles. The van der Waals surface area contributed by atoms with E-state index in [4.69, 9.17) is 19.2 Å². The highest BCUT2D eigenvalue weighted by molar-refractivity contribution is 9.09. The van der Waals surface area contributed by atoms with Crippen molar-refractivity contribution in [3.05, 3.63) is 11.3 Å². The molecule has 1 spiro atoms.